The molecule has 2 heteroatoms. The lowest BCUT2D eigenvalue weighted by atomic mass is 9.86. The van der Waals surface area contributed by atoms with Crippen LogP contribution in [0.15, 0.2) is 0 Å². The van der Waals surface area contributed by atoms with Gasteiger partial charge in [0.15, 0.2) is 0 Å². The number of hydrogen-bond acceptors (Lipinski definition) is 2. The van der Waals surface area contributed by atoms with E-state index >= 15 is 0 Å². The second-order valence-electron chi connectivity index (χ2n) is 7.05. The highest BCUT2D eigenvalue weighted by Gasteiger charge is 2.44. The van der Waals surface area contributed by atoms with Crippen LogP contribution < -0.4 is 0 Å². The number of rotatable bonds is 9. The van der Waals surface area contributed by atoms with Crippen molar-refractivity contribution in [1.29, 1.82) is 0 Å². The minimum Gasteiger partial charge on any atom is -0.384 e. The molecule has 1 aliphatic carbocycles. The molecule has 1 rings (SSSR count). The van der Waals surface area contributed by atoms with Gasteiger partial charge in [0.05, 0.1) is 13.2 Å². The second kappa shape index (κ2) is 8.26. The molecule has 0 spiro atoms. The van der Waals surface area contributed by atoms with E-state index in [0.29, 0.717) is 0 Å². The van der Waals surface area contributed by atoms with E-state index in [1.54, 1.807) is 0 Å². The van der Waals surface area contributed by atoms with E-state index < -0.39 is 0 Å². The smallest absolute Gasteiger partial charge is 0.0540 e. The predicted molar refractivity (Wildman–Crippen MR) is 81.4 cm³/mol. The van der Waals surface area contributed by atoms with Crippen LogP contribution in [-0.2, 0) is 9.47 Å². The van der Waals surface area contributed by atoms with Crippen LogP contribution in [0, 0.1) is 23.2 Å². The van der Waals surface area contributed by atoms with Gasteiger partial charge >= 0.3 is 0 Å². The van der Waals surface area contributed by atoms with Crippen molar-refractivity contribution in [3.63, 3.8) is 0 Å². The Morgan fingerprint density at radius 2 is 1.53 bits per heavy atom. The van der Waals surface area contributed by atoms with E-state index in [-0.39, 0.29) is 5.41 Å². The summed E-state index contributed by atoms with van der Waals surface area (Å²) >= 11 is 0. The molecule has 19 heavy (non-hydrogen) atoms. The lowest BCUT2D eigenvalue weighted by Gasteiger charge is -2.28. The molecule has 0 aromatic carbocycles. The zero-order valence-electron chi connectivity index (χ0n) is 13.7. The van der Waals surface area contributed by atoms with Gasteiger partial charge in [0.1, 0.15) is 0 Å². The van der Waals surface area contributed by atoms with E-state index in [1.165, 1.54) is 38.5 Å². The molecule has 0 N–H and O–H groups in total. The first-order valence-corrected chi connectivity index (χ1v) is 8.04. The van der Waals surface area contributed by atoms with Crippen molar-refractivity contribution in [3.8, 4) is 0 Å². The monoisotopic (exact) mass is 270 g/mol. The average Bonchev–Trinajstić information content (AvgIpc) is 2.66. The van der Waals surface area contributed by atoms with Gasteiger partial charge < -0.3 is 9.47 Å². The molecule has 2 atom stereocenters. The summed E-state index contributed by atoms with van der Waals surface area (Å²) in [6.45, 7) is 8.70. The van der Waals surface area contributed by atoms with Crippen LogP contribution in [0.4, 0.5) is 0 Å². The van der Waals surface area contributed by atoms with Gasteiger partial charge in [0.2, 0.25) is 0 Å². The van der Waals surface area contributed by atoms with Crippen molar-refractivity contribution in [3.05, 3.63) is 0 Å². The van der Waals surface area contributed by atoms with Gasteiger partial charge in [-0.1, -0.05) is 40.0 Å². The first kappa shape index (κ1) is 17.0. The lowest BCUT2D eigenvalue weighted by molar-refractivity contribution is 0.0100. The van der Waals surface area contributed by atoms with Crippen LogP contribution in [0.5, 0.6) is 0 Å². The summed E-state index contributed by atoms with van der Waals surface area (Å²) in [5, 5.41) is 0. The molecule has 1 fully saturated rings. The Morgan fingerprint density at radius 1 is 1.00 bits per heavy atom. The highest BCUT2D eigenvalue weighted by Crippen LogP contribution is 2.49. The quantitative estimate of drug-likeness (QED) is 0.613. The molecule has 0 radical (unpaired) electrons. The Morgan fingerprint density at radius 3 is 1.95 bits per heavy atom. The summed E-state index contributed by atoms with van der Waals surface area (Å²) in [5.74, 6) is 2.59. The summed E-state index contributed by atoms with van der Waals surface area (Å²) < 4.78 is 11.0. The lowest BCUT2D eigenvalue weighted by Crippen LogP contribution is -2.29. The van der Waals surface area contributed by atoms with E-state index in [2.05, 4.69) is 20.8 Å². The predicted octanol–water partition coefficient (Wildman–Crippen LogP) is 4.53. The third-order valence-corrected chi connectivity index (χ3v) is 4.73. The van der Waals surface area contributed by atoms with Gasteiger partial charge in [0, 0.05) is 19.6 Å². The number of hydrogen-bond donors (Lipinski definition) is 0. The van der Waals surface area contributed by atoms with E-state index in [9.17, 15) is 0 Å². The van der Waals surface area contributed by atoms with Gasteiger partial charge in [-0.2, -0.15) is 0 Å². The topological polar surface area (TPSA) is 18.5 Å². The Balaban J connectivity index is 2.67. The summed E-state index contributed by atoms with van der Waals surface area (Å²) in [4.78, 5) is 0. The maximum absolute atomic E-state index is 5.50. The summed E-state index contributed by atoms with van der Waals surface area (Å²) in [6, 6.07) is 0. The molecule has 0 unspecified atom stereocenters. The molecule has 0 aliphatic heterocycles. The van der Waals surface area contributed by atoms with Crippen LogP contribution in [0.3, 0.4) is 0 Å². The van der Waals surface area contributed by atoms with E-state index in [4.69, 9.17) is 9.47 Å². The van der Waals surface area contributed by atoms with Crippen molar-refractivity contribution in [2.24, 2.45) is 23.2 Å². The van der Waals surface area contributed by atoms with Gasteiger partial charge in [0.25, 0.3) is 0 Å². The van der Waals surface area contributed by atoms with Crippen LogP contribution in [-0.4, -0.2) is 27.4 Å². The molecular formula is C17H34O2. The maximum Gasteiger partial charge on any atom is 0.0540 e. The highest BCUT2D eigenvalue weighted by molar-refractivity contribution is 4.94. The van der Waals surface area contributed by atoms with Gasteiger partial charge in [-0.3, -0.25) is 0 Å². The molecule has 0 bridgehead atoms. The van der Waals surface area contributed by atoms with E-state index in [0.717, 1.165) is 31.0 Å². The molecule has 0 heterocycles. The van der Waals surface area contributed by atoms with Gasteiger partial charge in [-0.25, -0.2) is 0 Å². The first-order valence-electron chi connectivity index (χ1n) is 8.04. The molecule has 2 nitrogen and oxygen atoms in total. The van der Waals surface area contributed by atoms with E-state index in [1.807, 2.05) is 14.2 Å². The zero-order chi connectivity index (χ0) is 14.3. The Labute approximate surface area is 120 Å². The summed E-state index contributed by atoms with van der Waals surface area (Å²) in [5.41, 5.74) is 0.283. The Bertz CT molecular complexity index is 231. The van der Waals surface area contributed by atoms with Crippen LogP contribution in [0.25, 0.3) is 0 Å². The van der Waals surface area contributed by atoms with Crippen LogP contribution in [0.2, 0.25) is 0 Å². The highest BCUT2D eigenvalue weighted by atomic mass is 16.5. The minimum absolute atomic E-state index is 0.283. The third-order valence-electron chi connectivity index (χ3n) is 4.73. The largest absolute Gasteiger partial charge is 0.384 e. The van der Waals surface area contributed by atoms with Crippen molar-refractivity contribution >= 4 is 0 Å². The number of methoxy groups -OCH3 is 2. The molecule has 1 saturated carbocycles. The fourth-order valence-corrected chi connectivity index (χ4v) is 4.01. The Hall–Kier alpha value is -0.0800. The minimum atomic E-state index is 0.283. The Kier molecular flexibility index (Phi) is 7.38. The molecule has 0 aromatic heterocycles. The van der Waals surface area contributed by atoms with Crippen LogP contribution in [0.1, 0.15) is 59.3 Å². The molecule has 1 aliphatic rings. The van der Waals surface area contributed by atoms with Gasteiger partial charge in [-0.15, -0.1) is 0 Å². The maximum atomic E-state index is 5.50. The standard InChI is InChI=1S/C17H34O2/c1-6-7-15-10-17(12-18-4,13-19-5)11-16(15)9-8-14(2)3/h14-16H,6-13H2,1-5H3/t15-,16-/m0/s1. The van der Waals surface area contributed by atoms with Crippen LogP contribution >= 0.6 is 0 Å². The SMILES string of the molecule is CCC[C@H]1CC(COC)(COC)C[C@@H]1CCC(C)C. The normalized spacial score (nSPS) is 26.2. The fraction of sp³-hybridized carbons (Fsp3) is 1.00. The third kappa shape index (κ3) is 5.07. The fourth-order valence-electron chi connectivity index (χ4n) is 4.01. The second-order valence-corrected chi connectivity index (χ2v) is 7.05. The molecule has 114 valence electrons. The zero-order valence-corrected chi connectivity index (χ0v) is 13.7. The number of ether oxygens (including phenoxy) is 2. The molecule has 0 amide bonds. The average molecular weight is 270 g/mol. The van der Waals surface area contributed by atoms with Crippen molar-refractivity contribution in [2.75, 3.05) is 27.4 Å². The van der Waals surface area contributed by atoms with Crippen molar-refractivity contribution < 1.29 is 9.47 Å². The van der Waals surface area contributed by atoms with Gasteiger partial charge in [-0.05, 0) is 37.0 Å². The molecular weight excluding hydrogens is 236 g/mol. The molecule has 0 aromatic rings. The van der Waals surface area contributed by atoms with Crippen molar-refractivity contribution in [1.82, 2.24) is 0 Å². The molecule has 0 saturated heterocycles. The summed E-state index contributed by atoms with van der Waals surface area (Å²) in [7, 11) is 3.65. The van der Waals surface area contributed by atoms with Crippen molar-refractivity contribution in [2.45, 2.75) is 59.3 Å². The summed E-state index contributed by atoms with van der Waals surface area (Å²) in [6.07, 6.45) is 8.02. The first-order chi connectivity index (χ1) is 9.06.